The highest BCUT2D eigenvalue weighted by Gasteiger charge is 2.09. The number of rotatable bonds is 1. The van der Waals surface area contributed by atoms with Crippen LogP contribution < -0.4 is 0 Å². The molecule has 0 saturated heterocycles. The van der Waals surface area contributed by atoms with Crippen molar-refractivity contribution >= 4 is 12.6 Å². The van der Waals surface area contributed by atoms with E-state index in [0.717, 1.165) is 5.84 Å². The fourth-order valence-electron chi connectivity index (χ4n) is 0.714. The average Bonchev–Trinajstić information content (AvgIpc) is 2.33. The van der Waals surface area contributed by atoms with Crippen LogP contribution in [0.5, 0.6) is 0 Å². The lowest BCUT2D eigenvalue weighted by Gasteiger charge is -1.97. The van der Waals surface area contributed by atoms with Gasteiger partial charge in [0.2, 0.25) is 0 Å². The molecule has 0 fully saturated rings. The molecule has 0 aliphatic carbocycles. The van der Waals surface area contributed by atoms with Gasteiger partial charge in [-0.05, 0) is 6.72 Å². The summed E-state index contributed by atoms with van der Waals surface area (Å²) in [6, 6.07) is 0. The monoisotopic (exact) mass is 120 g/mol. The second-order valence-corrected chi connectivity index (χ2v) is 1.75. The molecule has 1 atom stereocenters. The highest BCUT2D eigenvalue weighted by molar-refractivity contribution is 5.93. The molecule has 9 heavy (non-hydrogen) atoms. The number of hydrogen-bond donors (Lipinski definition) is 0. The number of hydrogen-bond acceptors (Lipinski definition) is 2. The SMILES string of the molecule is C=CC1C=CN=C1N=C. The van der Waals surface area contributed by atoms with E-state index < -0.39 is 0 Å². The van der Waals surface area contributed by atoms with E-state index in [1.807, 2.05) is 6.08 Å². The van der Waals surface area contributed by atoms with Crippen LogP contribution in [-0.4, -0.2) is 12.6 Å². The molecular weight excluding hydrogens is 112 g/mol. The van der Waals surface area contributed by atoms with Crippen molar-refractivity contribution < 1.29 is 0 Å². The molecule has 0 spiro atoms. The summed E-state index contributed by atoms with van der Waals surface area (Å²) in [5.74, 6) is 0.924. The van der Waals surface area contributed by atoms with Crippen molar-refractivity contribution in [2.45, 2.75) is 0 Å². The second kappa shape index (κ2) is 2.40. The number of amidine groups is 1. The maximum Gasteiger partial charge on any atom is 0.138 e. The first-order chi connectivity index (χ1) is 4.38. The molecule has 1 heterocycles. The molecule has 0 radical (unpaired) electrons. The molecular formula is C7H8N2. The zero-order valence-electron chi connectivity index (χ0n) is 5.12. The summed E-state index contributed by atoms with van der Waals surface area (Å²) < 4.78 is 0. The molecule has 0 N–H and O–H groups in total. The Labute approximate surface area is 54.3 Å². The summed E-state index contributed by atoms with van der Waals surface area (Å²) >= 11 is 0. The van der Waals surface area contributed by atoms with E-state index in [0.29, 0.717) is 0 Å². The van der Waals surface area contributed by atoms with Gasteiger partial charge in [-0.2, -0.15) is 0 Å². The summed E-state index contributed by atoms with van der Waals surface area (Å²) in [5.41, 5.74) is 0. The standard InChI is InChI=1S/C7H8N2/c1-3-6-4-5-9-7(6)8-2/h3-6H,1-2H2. The number of aliphatic imine (C=N–C) groups is 2. The van der Waals surface area contributed by atoms with Crippen LogP contribution in [0, 0.1) is 5.92 Å². The largest absolute Gasteiger partial charge is 0.248 e. The minimum Gasteiger partial charge on any atom is -0.248 e. The van der Waals surface area contributed by atoms with E-state index >= 15 is 0 Å². The van der Waals surface area contributed by atoms with E-state index in [-0.39, 0.29) is 5.92 Å². The van der Waals surface area contributed by atoms with Gasteiger partial charge in [0.05, 0.1) is 5.92 Å². The predicted octanol–water partition coefficient (Wildman–Crippen LogP) is 1.41. The van der Waals surface area contributed by atoms with Crippen LogP contribution in [0.25, 0.3) is 0 Å². The zero-order valence-corrected chi connectivity index (χ0v) is 5.12. The molecule has 2 nitrogen and oxygen atoms in total. The van der Waals surface area contributed by atoms with Crippen LogP contribution in [-0.2, 0) is 0 Å². The number of nitrogens with zero attached hydrogens (tertiary/aromatic N) is 2. The van der Waals surface area contributed by atoms with E-state index in [4.69, 9.17) is 0 Å². The first kappa shape index (κ1) is 5.95. The topological polar surface area (TPSA) is 24.7 Å². The van der Waals surface area contributed by atoms with Gasteiger partial charge in [0.1, 0.15) is 5.84 Å². The van der Waals surface area contributed by atoms with Crippen LogP contribution in [0.15, 0.2) is 34.9 Å². The van der Waals surface area contributed by atoms with Crippen LogP contribution >= 0.6 is 0 Å². The summed E-state index contributed by atoms with van der Waals surface area (Å²) in [7, 11) is 0. The zero-order chi connectivity index (χ0) is 6.69. The molecule has 2 heteroatoms. The Morgan fingerprint density at radius 3 is 3.00 bits per heavy atom. The molecule has 46 valence electrons. The highest BCUT2D eigenvalue weighted by Crippen LogP contribution is 2.10. The lowest BCUT2D eigenvalue weighted by atomic mass is 10.1. The van der Waals surface area contributed by atoms with Gasteiger partial charge in [-0.15, -0.1) is 6.58 Å². The summed E-state index contributed by atoms with van der Waals surface area (Å²) in [4.78, 5) is 7.65. The van der Waals surface area contributed by atoms with Gasteiger partial charge in [0, 0.05) is 6.20 Å². The Morgan fingerprint density at radius 1 is 1.78 bits per heavy atom. The van der Waals surface area contributed by atoms with Gasteiger partial charge >= 0.3 is 0 Å². The van der Waals surface area contributed by atoms with E-state index in [1.165, 1.54) is 0 Å². The molecule has 1 aliphatic rings. The molecule has 1 unspecified atom stereocenters. The van der Waals surface area contributed by atoms with Gasteiger partial charge in [0.25, 0.3) is 0 Å². The Balaban J connectivity index is 2.76. The van der Waals surface area contributed by atoms with Crippen molar-refractivity contribution in [1.82, 2.24) is 0 Å². The van der Waals surface area contributed by atoms with Crippen LogP contribution in [0.4, 0.5) is 0 Å². The van der Waals surface area contributed by atoms with Crippen molar-refractivity contribution in [3.05, 3.63) is 24.9 Å². The molecule has 1 aliphatic heterocycles. The fraction of sp³-hybridized carbons (Fsp3) is 0.143. The van der Waals surface area contributed by atoms with E-state index in [9.17, 15) is 0 Å². The van der Waals surface area contributed by atoms with Crippen LogP contribution in [0.1, 0.15) is 0 Å². The quantitative estimate of drug-likeness (QED) is 0.369. The van der Waals surface area contributed by atoms with Crippen molar-refractivity contribution in [2.24, 2.45) is 15.9 Å². The van der Waals surface area contributed by atoms with Gasteiger partial charge in [-0.1, -0.05) is 12.2 Å². The Kier molecular flexibility index (Phi) is 1.58. The van der Waals surface area contributed by atoms with Crippen molar-refractivity contribution in [3.8, 4) is 0 Å². The molecule has 0 aromatic carbocycles. The normalized spacial score (nSPS) is 23.6. The Morgan fingerprint density at radius 2 is 2.56 bits per heavy atom. The fourth-order valence-corrected chi connectivity index (χ4v) is 0.714. The smallest absolute Gasteiger partial charge is 0.138 e. The molecule has 0 bridgehead atoms. The summed E-state index contributed by atoms with van der Waals surface area (Å²) in [6.07, 6.45) is 5.43. The van der Waals surface area contributed by atoms with Crippen molar-refractivity contribution in [3.63, 3.8) is 0 Å². The molecule has 0 aromatic heterocycles. The lowest BCUT2D eigenvalue weighted by molar-refractivity contribution is 1.15. The third-order valence-electron chi connectivity index (χ3n) is 1.21. The van der Waals surface area contributed by atoms with Gasteiger partial charge < -0.3 is 0 Å². The van der Waals surface area contributed by atoms with Crippen LogP contribution in [0.2, 0.25) is 0 Å². The van der Waals surface area contributed by atoms with Crippen molar-refractivity contribution in [1.29, 1.82) is 0 Å². The predicted molar refractivity (Wildman–Crippen MR) is 39.8 cm³/mol. The summed E-state index contributed by atoms with van der Waals surface area (Å²) in [5, 5.41) is 0. The van der Waals surface area contributed by atoms with Crippen LogP contribution in [0.3, 0.4) is 0 Å². The third-order valence-corrected chi connectivity index (χ3v) is 1.21. The first-order valence-electron chi connectivity index (χ1n) is 2.72. The molecule has 0 saturated carbocycles. The molecule has 0 amide bonds. The second-order valence-electron chi connectivity index (χ2n) is 1.75. The van der Waals surface area contributed by atoms with Gasteiger partial charge in [-0.25, -0.2) is 9.98 Å². The average molecular weight is 120 g/mol. The Bertz CT molecular complexity index is 189. The first-order valence-corrected chi connectivity index (χ1v) is 2.72. The summed E-state index contributed by atoms with van der Waals surface area (Å²) in [6.45, 7) is 6.99. The minimum atomic E-state index is 0.183. The van der Waals surface area contributed by atoms with Gasteiger partial charge in [0.15, 0.2) is 0 Å². The third kappa shape index (κ3) is 0.964. The Hall–Kier alpha value is -1.18. The lowest BCUT2D eigenvalue weighted by Crippen LogP contribution is -2.01. The van der Waals surface area contributed by atoms with Gasteiger partial charge in [-0.3, -0.25) is 0 Å². The van der Waals surface area contributed by atoms with Crippen molar-refractivity contribution in [2.75, 3.05) is 0 Å². The molecule has 1 rings (SSSR count). The van der Waals surface area contributed by atoms with E-state index in [1.54, 1.807) is 12.3 Å². The van der Waals surface area contributed by atoms with E-state index in [2.05, 4.69) is 23.3 Å². The maximum atomic E-state index is 3.94. The minimum absolute atomic E-state index is 0.183. The molecule has 0 aromatic rings. The highest BCUT2D eigenvalue weighted by atomic mass is 14.9. The maximum absolute atomic E-state index is 3.94.